The molecule has 0 aliphatic heterocycles. The summed E-state index contributed by atoms with van der Waals surface area (Å²) in [4.78, 5) is 3.91. The van der Waals surface area contributed by atoms with E-state index in [1.807, 2.05) is 12.1 Å². The fourth-order valence-corrected chi connectivity index (χ4v) is 1.37. The molecule has 1 aromatic carbocycles. The Labute approximate surface area is 93.3 Å². The molecule has 2 rings (SSSR count). The van der Waals surface area contributed by atoms with Crippen LogP contribution in [0.25, 0.3) is 11.8 Å². The van der Waals surface area contributed by atoms with Gasteiger partial charge in [0.05, 0.1) is 0 Å². The molecule has 1 aromatic heterocycles. The molecule has 0 unspecified atom stereocenters. The summed E-state index contributed by atoms with van der Waals surface area (Å²) in [5, 5.41) is 0. The van der Waals surface area contributed by atoms with Gasteiger partial charge >= 0.3 is 0 Å². The van der Waals surface area contributed by atoms with Gasteiger partial charge < -0.3 is 5.73 Å². The molecule has 0 atom stereocenters. The number of nitrogens with two attached hydrogens (primary N) is 1. The van der Waals surface area contributed by atoms with Crippen LogP contribution in [0.3, 0.4) is 0 Å². The molecule has 2 aromatic rings. The highest BCUT2D eigenvalue weighted by atomic mass is 19.1. The van der Waals surface area contributed by atoms with Gasteiger partial charge in [0.15, 0.2) is 0 Å². The van der Waals surface area contributed by atoms with E-state index < -0.39 is 0 Å². The van der Waals surface area contributed by atoms with Crippen molar-refractivity contribution in [1.29, 1.82) is 0 Å². The Hall–Kier alpha value is -2.16. The Balaban J connectivity index is 2.28. The van der Waals surface area contributed by atoms with Crippen LogP contribution in [0.1, 0.15) is 11.1 Å². The first kappa shape index (κ1) is 10.4. The van der Waals surface area contributed by atoms with E-state index >= 15 is 0 Å². The molecule has 0 saturated carbocycles. The van der Waals surface area contributed by atoms with Gasteiger partial charge in [0.1, 0.15) is 5.82 Å². The number of pyridine rings is 1. The summed E-state index contributed by atoms with van der Waals surface area (Å²) in [7, 11) is 0. The molecular formula is C13H11FN2. The lowest BCUT2D eigenvalue weighted by molar-refractivity contribution is 0.628. The van der Waals surface area contributed by atoms with Gasteiger partial charge in [0, 0.05) is 23.7 Å². The van der Waals surface area contributed by atoms with Crippen LogP contribution in [0.2, 0.25) is 0 Å². The first-order valence-corrected chi connectivity index (χ1v) is 4.89. The number of nitrogens with zero attached hydrogens (tertiary/aromatic N) is 1. The van der Waals surface area contributed by atoms with Crippen LogP contribution >= 0.6 is 0 Å². The highest BCUT2D eigenvalue weighted by Gasteiger charge is 1.96. The lowest BCUT2D eigenvalue weighted by Gasteiger charge is -2.01. The molecule has 0 saturated heterocycles. The molecule has 1 heterocycles. The average molecular weight is 214 g/mol. The fraction of sp³-hybridized carbons (Fsp3) is 0. The maximum Gasteiger partial charge on any atom is 0.123 e. The molecule has 0 radical (unpaired) electrons. The summed E-state index contributed by atoms with van der Waals surface area (Å²) in [5.74, 6) is -0.250. The molecule has 3 heteroatoms. The molecule has 0 bridgehead atoms. The number of halogens is 1. The Morgan fingerprint density at radius 2 is 1.69 bits per heavy atom. The van der Waals surface area contributed by atoms with Gasteiger partial charge in [-0.3, -0.25) is 4.98 Å². The molecule has 80 valence electrons. The van der Waals surface area contributed by atoms with Crippen molar-refractivity contribution in [3.05, 3.63) is 65.7 Å². The summed E-state index contributed by atoms with van der Waals surface area (Å²) < 4.78 is 12.7. The fourth-order valence-electron chi connectivity index (χ4n) is 1.37. The minimum absolute atomic E-state index is 0.250. The van der Waals surface area contributed by atoms with Crippen molar-refractivity contribution < 1.29 is 4.39 Å². The van der Waals surface area contributed by atoms with Crippen molar-refractivity contribution in [3.8, 4) is 0 Å². The number of rotatable bonds is 2. The van der Waals surface area contributed by atoms with Crippen molar-refractivity contribution >= 4 is 11.8 Å². The van der Waals surface area contributed by atoms with Gasteiger partial charge in [-0.25, -0.2) is 4.39 Å². The van der Waals surface area contributed by atoms with Crippen LogP contribution < -0.4 is 5.73 Å². The standard InChI is InChI=1S/C13H11FN2/c14-12-3-1-10(2-4-12)9-13(15)11-5-7-16-8-6-11/h1-9H,15H2. The van der Waals surface area contributed by atoms with Gasteiger partial charge in [-0.2, -0.15) is 0 Å². The molecule has 2 nitrogen and oxygen atoms in total. The summed E-state index contributed by atoms with van der Waals surface area (Å²) >= 11 is 0. The Morgan fingerprint density at radius 3 is 2.31 bits per heavy atom. The molecule has 16 heavy (non-hydrogen) atoms. The van der Waals surface area contributed by atoms with Crippen LogP contribution in [0, 0.1) is 5.82 Å². The second kappa shape index (κ2) is 4.57. The molecule has 0 fully saturated rings. The van der Waals surface area contributed by atoms with Gasteiger partial charge in [-0.1, -0.05) is 12.1 Å². The highest BCUT2D eigenvalue weighted by molar-refractivity contribution is 5.79. The summed E-state index contributed by atoms with van der Waals surface area (Å²) in [6.45, 7) is 0. The quantitative estimate of drug-likeness (QED) is 0.834. The number of aromatic nitrogens is 1. The Kier molecular flexibility index (Phi) is 2.96. The van der Waals surface area contributed by atoms with Crippen LogP contribution in [0.5, 0.6) is 0 Å². The Bertz CT molecular complexity index is 489. The molecule has 0 spiro atoms. The smallest absolute Gasteiger partial charge is 0.123 e. The number of benzene rings is 1. The van der Waals surface area contributed by atoms with Crippen molar-refractivity contribution in [2.75, 3.05) is 0 Å². The molecule has 0 aliphatic rings. The monoisotopic (exact) mass is 214 g/mol. The van der Waals surface area contributed by atoms with Gasteiger partial charge in [-0.15, -0.1) is 0 Å². The van der Waals surface area contributed by atoms with Crippen molar-refractivity contribution in [2.45, 2.75) is 0 Å². The molecule has 0 amide bonds. The van der Waals surface area contributed by atoms with E-state index in [0.29, 0.717) is 5.70 Å². The third-order valence-corrected chi connectivity index (χ3v) is 2.21. The Morgan fingerprint density at radius 1 is 1.06 bits per heavy atom. The zero-order chi connectivity index (χ0) is 11.4. The van der Waals surface area contributed by atoms with Crippen molar-refractivity contribution in [1.82, 2.24) is 4.98 Å². The predicted molar refractivity (Wildman–Crippen MR) is 62.7 cm³/mol. The highest BCUT2D eigenvalue weighted by Crippen LogP contribution is 2.12. The second-order valence-corrected chi connectivity index (χ2v) is 3.39. The van der Waals surface area contributed by atoms with Crippen LogP contribution in [-0.4, -0.2) is 4.98 Å². The van der Waals surface area contributed by atoms with E-state index in [-0.39, 0.29) is 5.82 Å². The average Bonchev–Trinajstić information content (AvgIpc) is 2.33. The van der Waals surface area contributed by atoms with E-state index in [9.17, 15) is 4.39 Å². The lowest BCUT2D eigenvalue weighted by Crippen LogP contribution is -1.95. The largest absolute Gasteiger partial charge is 0.398 e. The summed E-state index contributed by atoms with van der Waals surface area (Å²) in [5.41, 5.74) is 8.31. The topological polar surface area (TPSA) is 38.9 Å². The maximum absolute atomic E-state index is 12.7. The van der Waals surface area contributed by atoms with E-state index in [1.54, 1.807) is 30.6 Å². The molecular weight excluding hydrogens is 203 g/mol. The summed E-state index contributed by atoms with van der Waals surface area (Å²) in [6, 6.07) is 9.84. The SMILES string of the molecule is NC(=Cc1ccc(F)cc1)c1ccncc1. The first-order valence-electron chi connectivity index (χ1n) is 4.89. The van der Waals surface area contributed by atoms with Crippen molar-refractivity contribution in [2.24, 2.45) is 5.73 Å². The van der Waals surface area contributed by atoms with E-state index in [2.05, 4.69) is 4.98 Å². The van der Waals surface area contributed by atoms with Gasteiger partial charge in [0.25, 0.3) is 0 Å². The first-order chi connectivity index (χ1) is 7.75. The molecule has 0 aliphatic carbocycles. The van der Waals surface area contributed by atoms with Gasteiger partial charge in [-0.05, 0) is 35.9 Å². The third-order valence-electron chi connectivity index (χ3n) is 2.21. The normalized spacial score (nSPS) is 11.4. The van der Waals surface area contributed by atoms with Crippen LogP contribution in [-0.2, 0) is 0 Å². The number of hydrogen-bond donors (Lipinski definition) is 1. The lowest BCUT2D eigenvalue weighted by atomic mass is 10.1. The van der Waals surface area contributed by atoms with Crippen LogP contribution in [0.4, 0.5) is 4.39 Å². The molecule has 2 N–H and O–H groups in total. The minimum Gasteiger partial charge on any atom is -0.398 e. The number of hydrogen-bond acceptors (Lipinski definition) is 2. The maximum atomic E-state index is 12.7. The van der Waals surface area contributed by atoms with Gasteiger partial charge in [0.2, 0.25) is 0 Å². The van der Waals surface area contributed by atoms with Crippen LogP contribution in [0.15, 0.2) is 48.8 Å². The van der Waals surface area contributed by atoms with E-state index in [1.165, 1.54) is 12.1 Å². The van der Waals surface area contributed by atoms with Crippen molar-refractivity contribution in [3.63, 3.8) is 0 Å². The predicted octanol–water partition coefficient (Wildman–Crippen LogP) is 2.68. The van der Waals surface area contributed by atoms with E-state index in [0.717, 1.165) is 11.1 Å². The zero-order valence-corrected chi connectivity index (χ0v) is 8.60. The van der Waals surface area contributed by atoms with E-state index in [4.69, 9.17) is 5.73 Å². The minimum atomic E-state index is -0.250. The zero-order valence-electron chi connectivity index (χ0n) is 8.60. The third kappa shape index (κ3) is 2.45. The summed E-state index contributed by atoms with van der Waals surface area (Å²) in [6.07, 6.45) is 5.16. The second-order valence-electron chi connectivity index (χ2n) is 3.39.